The average molecular weight is 284 g/mol. The van der Waals surface area contributed by atoms with Crippen LogP contribution in [0.3, 0.4) is 0 Å². The summed E-state index contributed by atoms with van der Waals surface area (Å²) in [6.45, 7) is 4.41. The van der Waals surface area contributed by atoms with Crippen LogP contribution in [0, 0.1) is 11.6 Å². The number of nitrogens with zero attached hydrogens (tertiary/aromatic N) is 2. The second kappa shape index (κ2) is 6.76. The number of likely N-dealkylation sites (N-methyl/N-ethyl adjacent to an activating group) is 1. The van der Waals surface area contributed by atoms with Crippen molar-refractivity contribution in [1.29, 1.82) is 0 Å². The number of rotatable bonds is 4. The second-order valence-corrected chi connectivity index (χ2v) is 4.81. The first-order chi connectivity index (χ1) is 9.58. The first kappa shape index (κ1) is 14.9. The van der Waals surface area contributed by atoms with E-state index in [0.717, 1.165) is 31.8 Å². The molecule has 1 saturated heterocycles. The number of morpholine rings is 1. The van der Waals surface area contributed by atoms with Crippen molar-refractivity contribution < 1.29 is 18.3 Å². The monoisotopic (exact) mass is 284 g/mol. The van der Waals surface area contributed by atoms with Crippen LogP contribution in [0.4, 0.5) is 8.78 Å². The highest BCUT2D eigenvalue weighted by atomic mass is 19.2. The molecule has 0 atom stereocenters. The molecule has 1 heterocycles. The maximum atomic E-state index is 13.1. The summed E-state index contributed by atoms with van der Waals surface area (Å²) in [6.07, 6.45) is 0. The smallest absolute Gasteiger partial charge is 0.253 e. The van der Waals surface area contributed by atoms with E-state index < -0.39 is 11.6 Å². The van der Waals surface area contributed by atoms with Gasteiger partial charge in [-0.15, -0.1) is 0 Å². The van der Waals surface area contributed by atoms with Crippen molar-refractivity contribution in [3.05, 3.63) is 35.4 Å². The Balaban J connectivity index is 1.89. The molecular weight excluding hydrogens is 266 g/mol. The average Bonchev–Trinajstić information content (AvgIpc) is 2.48. The van der Waals surface area contributed by atoms with Gasteiger partial charge in [0.15, 0.2) is 11.6 Å². The third kappa shape index (κ3) is 3.74. The normalized spacial score (nSPS) is 16.1. The van der Waals surface area contributed by atoms with Gasteiger partial charge in [0.05, 0.1) is 13.2 Å². The first-order valence-electron chi connectivity index (χ1n) is 6.58. The van der Waals surface area contributed by atoms with Crippen LogP contribution in [0.2, 0.25) is 0 Å². The molecule has 0 unspecified atom stereocenters. The summed E-state index contributed by atoms with van der Waals surface area (Å²) in [5, 5.41) is 0. The van der Waals surface area contributed by atoms with Crippen LogP contribution in [0.15, 0.2) is 18.2 Å². The summed E-state index contributed by atoms with van der Waals surface area (Å²) in [5.74, 6) is -2.26. The molecule has 0 aliphatic carbocycles. The van der Waals surface area contributed by atoms with Gasteiger partial charge in [0, 0.05) is 38.8 Å². The van der Waals surface area contributed by atoms with E-state index in [1.54, 1.807) is 7.05 Å². The van der Waals surface area contributed by atoms with Crippen LogP contribution in [-0.4, -0.2) is 62.1 Å². The maximum absolute atomic E-state index is 13.1. The summed E-state index contributed by atoms with van der Waals surface area (Å²) < 4.78 is 31.2. The number of carbonyl (C=O) groups is 1. The molecule has 1 amide bonds. The molecule has 1 aliphatic rings. The minimum atomic E-state index is -1.00. The fraction of sp³-hybridized carbons (Fsp3) is 0.500. The zero-order valence-corrected chi connectivity index (χ0v) is 11.4. The van der Waals surface area contributed by atoms with Crippen LogP contribution in [0.1, 0.15) is 10.4 Å². The lowest BCUT2D eigenvalue weighted by Crippen LogP contribution is -2.41. The minimum absolute atomic E-state index is 0.161. The lowest BCUT2D eigenvalue weighted by atomic mass is 10.2. The largest absolute Gasteiger partial charge is 0.379 e. The highest BCUT2D eigenvalue weighted by molar-refractivity contribution is 5.94. The third-order valence-electron chi connectivity index (χ3n) is 3.37. The number of halogens is 2. The third-order valence-corrected chi connectivity index (χ3v) is 3.37. The standard InChI is InChI=1S/C14H18F2N2O2/c1-17(4-5-18-6-8-20-9-7-18)14(19)11-2-3-12(15)13(16)10-11/h2-3,10H,4-9H2,1H3. The Labute approximate surface area is 116 Å². The Kier molecular flexibility index (Phi) is 5.03. The molecule has 0 saturated carbocycles. The van der Waals surface area contributed by atoms with E-state index in [-0.39, 0.29) is 11.5 Å². The summed E-state index contributed by atoms with van der Waals surface area (Å²) in [5.41, 5.74) is 0.161. The molecule has 1 aromatic carbocycles. The Morgan fingerprint density at radius 3 is 2.65 bits per heavy atom. The zero-order valence-electron chi connectivity index (χ0n) is 11.4. The van der Waals surface area contributed by atoms with Crippen LogP contribution >= 0.6 is 0 Å². The van der Waals surface area contributed by atoms with Gasteiger partial charge in [-0.2, -0.15) is 0 Å². The molecule has 1 aliphatic heterocycles. The number of amides is 1. The lowest BCUT2D eigenvalue weighted by molar-refractivity contribution is 0.0338. The molecule has 4 nitrogen and oxygen atoms in total. The molecule has 0 spiro atoms. The summed E-state index contributed by atoms with van der Waals surface area (Å²) >= 11 is 0. The summed E-state index contributed by atoms with van der Waals surface area (Å²) in [4.78, 5) is 15.8. The molecular formula is C14H18F2N2O2. The molecule has 0 aromatic heterocycles. The molecule has 0 N–H and O–H groups in total. The van der Waals surface area contributed by atoms with E-state index >= 15 is 0 Å². The molecule has 20 heavy (non-hydrogen) atoms. The van der Waals surface area contributed by atoms with Gasteiger partial charge < -0.3 is 9.64 Å². The Bertz CT molecular complexity index is 476. The van der Waals surface area contributed by atoms with Gasteiger partial charge in [-0.05, 0) is 18.2 Å². The summed E-state index contributed by atoms with van der Waals surface area (Å²) in [7, 11) is 1.66. The van der Waals surface area contributed by atoms with Crippen molar-refractivity contribution in [3.63, 3.8) is 0 Å². The lowest BCUT2D eigenvalue weighted by Gasteiger charge is -2.28. The predicted octanol–water partition coefficient (Wildman–Crippen LogP) is 1.37. The van der Waals surface area contributed by atoms with Crippen LogP contribution < -0.4 is 0 Å². The fourth-order valence-corrected chi connectivity index (χ4v) is 2.07. The molecule has 110 valence electrons. The van der Waals surface area contributed by atoms with Gasteiger partial charge in [0.2, 0.25) is 0 Å². The zero-order chi connectivity index (χ0) is 14.5. The van der Waals surface area contributed by atoms with Crippen molar-refractivity contribution in [2.45, 2.75) is 0 Å². The second-order valence-electron chi connectivity index (χ2n) is 4.81. The van der Waals surface area contributed by atoms with E-state index in [1.165, 1.54) is 11.0 Å². The molecule has 0 radical (unpaired) electrons. The maximum Gasteiger partial charge on any atom is 0.253 e. The topological polar surface area (TPSA) is 32.8 Å². The van der Waals surface area contributed by atoms with Crippen molar-refractivity contribution in [2.75, 3.05) is 46.4 Å². The van der Waals surface area contributed by atoms with E-state index in [0.29, 0.717) is 19.8 Å². The van der Waals surface area contributed by atoms with Gasteiger partial charge >= 0.3 is 0 Å². The van der Waals surface area contributed by atoms with Crippen molar-refractivity contribution >= 4 is 5.91 Å². The quantitative estimate of drug-likeness (QED) is 0.837. The van der Waals surface area contributed by atoms with Gasteiger partial charge in [0.25, 0.3) is 5.91 Å². The SMILES string of the molecule is CN(CCN1CCOCC1)C(=O)c1ccc(F)c(F)c1. The van der Waals surface area contributed by atoms with E-state index in [2.05, 4.69) is 4.90 Å². The Hall–Kier alpha value is -1.53. The van der Waals surface area contributed by atoms with E-state index in [9.17, 15) is 13.6 Å². The molecule has 2 rings (SSSR count). The highest BCUT2D eigenvalue weighted by Gasteiger charge is 2.16. The molecule has 1 fully saturated rings. The van der Waals surface area contributed by atoms with Crippen LogP contribution in [0.5, 0.6) is 0 Å². The van der Waals surface area contributed by atoms with Gasteiger partial charge in [-0.25, -0.2) is 8.78 Å². The molecule has 1 aromatic rings. The van der Waals surface area contributed by atoms with Crippen molar-refractivity contribution in [1.82, 2.24) is 9.80 Å². The minimum Gasteiger partial charge on any atom is -0.379 e. The number of benzene rings is 1. The van der Waals surface area contributed by atoms with Crippen molar-refractivity contribution in [2.24, 2.45) is 0 Å². The number of ether oxygens (including phenoxy) is 1. The van der Waals surface area contributed by atoms with Gasteiger partial charge in [-0.1, -0.05) is 0 Å². The van der Waals surface area contributed by atoms with Crippen LogP contribution in [0.25, 0.3) is 0 Å². The highest BCUT2D eigenvalue weighted by Crippen LogP contribution is 2.10. The Morgan fingerprint density at radius 1 is 1.30 bits per heavy atom. The van der Waals surface area contributed by atoms with Gasteiger partial charge in [0.1, 0.15) is 0 Å². The number of hydrogen-bond donors (Lipinski definition) is 0. The van der Waals surface area contributed by atoms with Crippen molar-refractivity contribution in [3.8, 4) is 0 Å². The van der Waals surface area contributed by atoms with Crippen LogP contribution in [-0.2, 0) is 4.74 Å². The number of carbonyl (C=O) groups excluding carboxylic acids is 1. The van der Waals surface area contributed by atoms with E-state index in [1.807, 2.05) is 0 Å². The summed E-state index contributed by atoms with van der Waals surface area (Å²) in [6, 6.07) is 3.20. The first-order valence-corrected chi connectivity index (χ1v) is 6.58. The predicted molar refractivity (Wildman–Crippen MR) is 70.6 cm³/mol. The fourth-order valence-electron chi connectivity index (χ4n) is 2.07. The van der Waals surface area contributed by atoms with E-state index in [4.69, 9.17) is 4.74 Å². The van der Waals surface area contributed by atoms with Gasteiger partial charge in [-0.3, -0.25) is 9.69 Å². The molecule has 0 bridgehead atoms. The molecule has 6 heteroatoms. The number of hydrogen-bond acceptors (Lipinski definition) is 3. The Morgan fingerprint density at radius 2 is 2.00 bits per heavy atom.